The van der Waals surface area contributed by atoms with Crippen molar-refractivity contribution < 1.29 is 18.0 Å². The number of hydrogen-bond acceptors (Lipinski definition) is 2. The molecule has 1 aliphatic heterocycles. The van der Waals surface area contributed by atoms with Crippen molar-refractivity contribution in [1.82, 2.24) is 10.3 Å². The van der Waals surface area contributed by atoms with Gasteiger partial charge in [-0.2, -0.15) is 13.2 Å². The summed E-state index contributed by atoms with van der Waals surface area (Å²) in [7, 11) is 0. The third kappa shape index (κ3) is 1.83. The summed E-state index contributed by atoms with van der Waals surface area (Å²) < 4.78 is 36.8. The largest absolute Gasteiger partial charge is 0.417 e. The molecule has 1 aromatic heterocycles. The Morgan fingerprint density at radius 1 is 1.20 bits per heavy atom. The summed E-state index contributed by atoms with van der Waals surface area (Å²) in [4.78, 5) is 14.4. The lowest BCUT2D eigenvalue weighted by Crippen LogP contribution is -2.14. The molecule has 1 amide bonds. The molecule has 0 saturated carbocycles. The minimum absolute atomic E-state index is 0.0441. The molecule has 0 aliphatic carbocycles. The van der Waals surface area contributed by atoms with E-state index in [1.165, 1.54) is 6.08 Å². The van der Waals surface area contributed by atoms with Gasteiger partial charge in [-0.15, -0.1) is 0 Å². The minimum Gasteiger partial charge on any atom is -0.267 e. The van der Waals surface area contributed by atoms with E-state index in [1.807, 2.05) is 0 Å². The predicted molar refractivity (Wildman–Crippen MR) is 45.1 cm³/mol. The Kier molecular flexibility index (Phi) is 1.99. The van der Waals surface area contributed by atoms with Crippen molar-refractivity contribution in [3.8, 4) is 0 Å². The van der Waals surface area contributed by atoms with Crippen LogP contribution in [0.2, 0.25) is 0 Å². The third-order valence-electron chi connectivity index (χ3n) is 1.84. The number of halogens is 3. The average molecular weight is 213 g/mol. The van der Waals surface area contributed by atoms with Crippen molar-refractivity contribution in [2.24, 2.45) is 0 Å². The summed E-state index contributed by atoms with van der Waals surface area (Å²) in [5, 5.41) is 3.43. The quantitative estimate of drug-likeness (QED) is 0.660. The zero-order valence-corrected chi connectivity index (χ0v) is 7.25. The number of aromatic nitrogens is 1. The Hall–Kier alpha value is -1.85. The number of carbonyl (C=O) groups excluding carboxylic acids is 1. The molecule has 3 nitrogen and oxygen atoms in total. The second-order valence-corrected chi connectivity index (χ2v) is 2.91. The van der Waals surface area contributed by atoms with E-state index in [2.05, 4.69) is 10.3 Å². The lowest BCUT2D eigenvalue weighted by Gasteiger charge is -2.11. The Morgan fingerprint density at radius 2 is 1.93 bits per heavy atom. The fourth-order valence-electron chi connectivity index (χ4n) is 1.14. The molecule has 0 unspecified atom stereocenters. The van der Waals surface area contributed by atoms with Gasteiger partial charge in [0.15, 0.2) is 0 Å². The molecule has 0 atom stereocenters. The SMILES string of the molecule is O=C1C=Cc2ncc(C(F)(F)F)cc2[N]1. The van der Waals surface area contributed by atoms with Gasteiger partial charge in [-0.1, -0.05) is 0 Å². The van der Waals surface area contributed by atoms with Crippen LogP contribution in [0.25, 0.3) is 6.08 Å². The summed E-state index contributed by atoms with van der Waals surface area (Å²) in [6.07, 6.45) is -1.26. The molecule has 1 aromatic rings. The lowest BCUT2D eigenvalue weighted by molar-refractivity contribution is -0.137. The van der Waals surface area contributed by atoms with Gasteiger partial charge in [0.05, 0.1) is 16.9 Å². The first-order chi connectivity index (χ1) is 6.97. The van der Waals surface area contributed by atoms with Crippen LogP contribution in [0.1, 0.15) is 11.3 Å². The summed E-state index contributed by atoms with van der Waals surface area (Å²) in [6.45, 7) is 0. The lowest BCUT2D eigenvalue weighted by atomic mass is 10.1. The molecule has 6 heteroatoms. The second-order valence-electron chi connectivity index (χ2n) is 2.91. The number of pyridine rings is 1. The Labute approximate surface area is 82.6 Å². The summed E-state index contributed by atoms with van der Waals surface area (Å²) in [5.74, 6) is -0.580. The van der Waals surface area contributed by atoms with Crippen LogP contribution >= 0.6 is 0 Å². The zero-order chi connectivity index (χ0) is 11.1. The Balaban J connectivity index is 2.47. The van der Waals surface area contributed by atoms with E-state index < -0.39 is 17.6 Å². The second kappa shape index (κ2) is 3.08. The molecule has 0 aromatic carbocycles. The van der Waals surface area contributed by atoms with Crippen molar-refractivity contribution in [3.63, 3.8) is 0 Å². The third-order valence-corrected chi connectivity index (χ3v) is 1.84. The van der Waals surface area contributed by atoms with Crippen LogP contribution in [-0.2, 0) is 11.0 Å². The highest BCUT2D eigenvalue weighted by Gasteiger charge is 2.32. The fraction of sp³-hybridized carbons (Fsp3) is 0.111. The Bertz CT molecular complexity index is 451. The number of alkyl halides is 3. The van der Waals surface area contributed by atoms with Crippen LogP contribution in [0.3, 0.4) is 0 Å². The van der Waals surface area contributed by atoms with Gasteiger partial charge in [0.25, 0.3) is 5.91 Å². The molecule has 0 spiro atoms. The molecule has 0 fully saturated rings. The molecule has 2 rings (SSSR count). The fourth-order valence-corrected chi connectivity index (χ4v) is 1.14. The van der Waals surface area contributed by atoms with E-state index in [4.69, 9.17) is 0 Å². The molecule has 1 radical (unpaired) electrons. The van der Waals surface area contributed by atoms with Crippen LogP contribution < -0.4 is 5.32 Å². The van der Waals surface area contributed by atoms with E-state index in [0.717, 1.165) is 12.1 Å². The van der Waals surface area contributed by atoms with Gasteiger partial charge in [0, 0.05) is 12.3 Å². The van der Waals surface area contributed by atoms with Gasteiger partial charge in [0.1, 0.15) is 0 Å². The molecule has 2 heterocycles. The van der Waals surface area contributed by atoms with Gasteiger partial charge < -0.3 is 0 Å². The molecule has 77 valence electrons. The molecular formula is C9H4F3N2O. The summed E-state index contributed by atoms with van der Waals surface area (Å²) in [5.41, 5.74) is -0.687. The molecule has 15 heavy (non-hydrogen) atoms. The van der Waals surface area contributed by atoms with Gasteiger partial charge in [-0.25, -0.2) is 5.32 Å². The smallest absolute Gasteiger partial charge is 0.267 e. The molecule has 0 N–H and O–H groups in total. The predicted octanol–water partition coefficient (Wildman–Crippen LogP) is 1.89. The number of carbonyl (C=O) groups is 1. The first-order valence-electron chi connectivity index (χ1n) is 3.98. The van der Waals surface area contributed by atoms with Gasteiger partial charge in [0.2, 0.25) is 0 Å². The van der Waals surface area contributed by atoms with Crippen LogP contribution in [-0.4, -0.2) is 10.9 Å². The molecule has 0 saturated heterocycles. The van der Waals surface area contributed by atoms with E-state index in [9.17, 15) is 18.0 Å². The number of hydrogen-bond donors (Lipinski definition) is 0. The standard InChI is InChI=1S/C9H4F3N2O/c10-9(11,12)5-3-7-6(13-4-5)1-2-8(15)14-7/h1-4H. The van der Waals surface area contributed by atoms with Crippen molar-refractivity contribution >= 4 is 17.7 Å². The zero-order valence-electron chi connectivity index (χ0n) is 7.25. The van der Waals surface area contributed by atoms with E-state index in [1.54, 1.807) is 0 Å². The molecule has 1 aliphatic rings. The molecular weight excluding hydrogens is 209 g/mol. The van der Waals surface area contributed by atoms with Gasteiger partial charge >= 0.3 is 6.18 Å². The number of fused-ring (bicyclic) bond motifs is 1. The van der Waals surface area contributed by atoms with Crippen LogP contribution in [0.15, 0.2) is 18.3 Å². The first-order valence-corrected chi connectivity index (χ1v) is 3.98. The van der Waals surface area contributed by atoms with E-state index in [0.29, 0.717) is 6.20 Å². The van der Waals surface area contributed by atoms with Crippen molar-refractivity contribution in [2.75, 3.05) is 0 Å². The Morgan fingerprint density at radius 3 is 2.60 bits per heavy atom. The maximum Gasteiger partial charge on any atom is 0.417 e. The van der Waals surface area contributed by atoms with Crippen LogP contribution in [0.5, 0.6) is 0 Å². The maximum absolute atomic E-state index is 12.3. The normalized spacial score (nSPS) is 14.7. The topological polar surface area (TPSA) is 44.1 Å². The highest BCUT2D eigenvalue weighted by atomic mass is 19.4. The van der Waals surface area contributed by atoms with E-state index in [-0.39, 0.29) is 11.4 Å². The monoisotopic (exact) mass is 213 g/mol. The number of amides is 1. The van der Waals surface area contributed by atoms with E-state index >= 15 is 0 Å². The highest BCUT2D eigenvalue weighted by molar-refractivity contribution is 5.98. The summed E-state index contributed by atoms with van der Waals surface area (Å²) in [6, 6.07) is 0.809. The van der Waals surface area contributed by atoms with Crippen molar-refractivity contribution in [2.45, 2.75) is 6.18 Å². The number of nitrogens with zero attached hydrogens (tertiary/aromatic N) is 2. The van der Waals surface area contributed by atoms with Gasteiger partial charge in [-0.3, -0.25) is 9.78 Å². The first kappa shape index (κ1) is 9.70. The molecule has 0 bridgehead atoms. The van der Waals surface area contributed by atoms with Crippen molar-refractivity contribution in [1.29, 1.82) is 0 Å². The van der Waals surface area contributed by atoms with Crippen molar-refractivity contribution in [3.05, 3.63) is 29.6 Å². The van der Waals surface area contributed by atoms with Crippen LogP contribution in [0, 0.1) is 0 Å². The average Bonchev–Trinajstić information content (AvgIpc) is 2.15. The minimum atomic E-state index is -4.47. The maximum atomic E-state index is 12.3. The number of rotatable bonds is 0. The van der Waals surface area contributed by atoms with Crippen LogP contribution in [0.4, 0.5) is 18.9 Å². The summed E-state index contributed by atoms with van der Waals surface area (Å²) >= 11 is 0. The van der Waals surface area contributed by atoms with Gasteiger partial charge in [-0.05, 0) is 12.1 Å². The highest BCUT2D eigenvalue weighted by Crippen LogP contribution is 2.32.